The molecule has 1 N–H and O–H groups in total. The van der Waals surface area contributed by atoms with Gasteiger partial charge in [0.2, 0.25) is 5.91 Å². The Hall–Kier alpha value is -2.05. The van der Waals surface area contributed by atoms with E-state index in [4.69, 9.17) is 11.6 Å². The van der Waals surface area contributed by atoms with Crippen molar-refractivity contribution < 1.29 is 9.18 Å². The number of aryl methyl sites for hydroxylation is 1. The monoisotopic (exact) mass is 482 g/mol. The minimum absolute atomic E-state index is 0.0962. The second kappa shape index (κ2) is 8.56. The van der Waals surface area contributed by atoms with Gasteiger partial charge in [-0.25, -0.2) is 14.4 Å². The van der Waals surface area contributed by atoms with Crippen molar-refractivity contribution in [3.05, 3.63) is 51.7 Å². The summed E-state index contributed by atoms with van der Waals surface area (Å²) in [6, 6.07) is 3.46. The van der Waals surface area contributed by atoms with E-state index in [0.29, 0.717) is 47.9 Å². The van der Waals surface area contributed by atoms with E-state index >= 15 is 0 Å². The van der Waals surface area contributed by atoms with Gasteiger partial charge in [-0.3, -0.25) is 9.69 Å². The first kappa shape index (κ1) is 22.4. The van der Waals surface area contributed by atoms with E-state index in [1.165, 1.54) is 44.9 Å². The van der Waals surface area contributed by atoms with Gasteiger partial charge in [0.25, 0.3) is 0 Å². The molecule has 0 atom stereocenters. The van der Waals surface area contributed by atoms with Crippen LogP contribution in [0.2, 0.25) is 5.02 Å². The summed E-state index contributed by atoms with van der Waals surface area (Å²) in [4.78, 5) is 24.2. The second-order valence-electron chi connectivity index (χ2n) is 11.4. The Kier molecular flexibility index (Phi) is 5.64. The number of rotatable bonds is 5. The fourth-order valence-electron chi connectivity index (χ4n) is 7.76. The number of hydrogen-bond donors (Lipinski definition) is 1. The highest BCUT2D eigenvalue weighted by atomic mass is 35.5. The van der Waals surface area contributed by atoms with Crippen molar-refractivity contribution in [2.45, 2.75) is 71.4 Å². The quantitative estimate of drug-likeness (QED) is 0.595. The van der Waals surface area contributed by atoms with Gasteiger partial charge in [0.1, 0.15) is 18.0 Å². The molecule has 1 aliphatic heterocycles. The van der Waals surface area contributed by atoms with Gasteiger partial charge in [0, 0.05) is 42.2 Å². The van der Waals surface area contributed by atoms with Gasteiger partial charge >= 0.3 is 0 Å². The molecule has 1 aromatic heterocycles. The van der Waals surface area contributed by atoms with Crippen LogP contribution in [0, 0.1) is 35.9 Å². The second-order valence-corrected chi connectivity index (χ2v) is 11.8. The molecular weight excluding hydrogens is 451 g/mol. The summed E-state index contributed by atoms with van der Waals surface area (Å²) in [7, 11) is 0. The van der Waals surface area contributed by atoms with Crippen LogP contribution in [0.15, 0.2) is 18.5 Å². The molecule has 34 heavy (non-hydrogen) atoms. The maximum atomic E-state index is 14.6. The van der Waals surface area contributed by atoms with Crippen molar-refractivity contribution in [2.75, 3.05) is 11.9 Å². The normalized spacial score (nSPS) is 29.8. The first-order valence-corrected chi connectivity index (χ1v) is 13.0. The van der Waals surface area contributed by atoms with Gasteiger partial charge in [-0.15, -0.1) is 0 Å². The maximum Gasteiger partial charge on any atom is 0.226 e. The van der Waals surface area contributed by atoms with E-state index < -0.39 is 0 Å². The number of fused-ring (bicyclic) bond motifs is 1. The zero-order valence-electron chi connectivity index (χ0n) is 19.7. The number of carbonyl (C=O) groups is 1. The summed E-state index contributed by atoms with van der Waals surface area (Å²) in [5.74, 6) is 3.02. The lowest BCUT2D eigenvalue weighted by molar-refractivity contribution is -0.124. The average Bonchev–Trinajstić information content (AvgIpc) is 2.78. The van der Waals surface area contributed by atoms with Crippen LogP contribution in [0.4, 0.5) is 10.2 Å². The fraction of sp³-hybridized carbons (Fsp3) is 0.593. The average molecular weight is 483 g/mol. The number of nitrogens with one attached hydrogen (secondary N) is 1. The number of hydrogen-bond acceptors (Lipinski definition) is 4. The number of carbonyl (C=O) groups excluding carboxylic acids is 1. The predicted octanol–water partition coefficient (Wildman–Crippen LogP) is 5.68. The molecule has 1 amide bonds. The van der Waals surface area contributed by atoms with Crippen LogP contribution in [-0.2, 0) is 24.3 Å². The molecule has 180 valence electrons. The summed E-state index contributed by atoms with van der Waals surface area (Å²) < 4.78 is 14.6. The van der Waals surface area contributed by atoms with E-state index in [1.54, 1.807) is 19.1 Å². The third kappa shape index (κ3) is 4.13. The van der Waals surface area contributed by atoms with Gasteiger partial charge in [-0.05, 0) is 86.7 Å². The summed E-state index contributed by atoms with van der Waals surface area (Å²) in [5, 5.41) is 3.60. The topological polar surface area (TPSA) is 58.1 Å². The molecule has 4 aliphatic carbocycles. The van der Waals surface area contributed by atoms with Gasteiger partial charge < -0.3 is 5.32 Å². The van der Waals surface area contributed by atoms with Crippen molar-refractivity contribution >= 4 is 23.3 Å². The van der Waals surface area contributed by atoms with Gasteiger partial charge in [-0.1, -0.05) is 17.7 Å². The number of halogens is 2. The molecule has 1 aromatic carbocycles. The lowest BCUT2D eigenvalue weighted by Gasteiger charge is -2.56. The molecule has 4 bridgehead atoms. The molecule has 7 rings (SSSR count). The largest absolute Gasteiger partial charge is 0.310 e. The molecule has 4 saturated carbocycles. The Morgan fingerprint density at radius 1 is 1.18 bits per heavy atom. The number of amides is 1. The van der Waals surface area contributed by atoms with Crippen molar-refractivity contribution in [3.63, 3.8) is 0 Å². The third-order valence-corrected chi connectivity index (χ3v) is 9.16. The Morgan fingerprint density at radius 2 is 1.88 bits per heavy atom. The summed E-state index contributed by atoms with van der Waals surface area (Å²) in [5.41, 5.74) is 3.25. The van der Waals surface area contributed by atoms with E-state index in [1.807, 2.05) is 0 Å². The van der Waals surface area contributed by atoms with Crippen molar-refractivity contribution in [1.29, 1.82) is 0 Å². The van der Waals surface area contributed by atoms with Crippen LogP contribution in [0.5, 0.6) is 0 Å². The standard InChI is InChI=1S/C27H32ClFN4O/c1-16-2-3-22(28)21(25(16)29)13-33-5-4-20-23(14-33)30-15-31-26(20)32-24(34)12-27-9-17-6-18(10-27)8-19(7-17)11-27/h2-3,15,17-19H,4-14H2,1H3,(H,30,31,32,34). The Balaban J connectivity index is 1.14. The van der Waals surface area contributed by atoms with Crippen molar-refractivity contribution in [2.24, 2.45) is 23.2 Å². The molecule has 5 nitrogen and oxygen atoms in total. The number of aromatic nitrogens is 2. The zero-order chi connectivity index (χ0) is 23.4. The van der Waals surface area contributed by atoms with E-state index in [9.17, 15) is 9.18 Å². The molecule has 0 unspecified atom stereocenters. The van der Waals surface area contributed by atoms with Crippen LogP contribution in [0.1, 0.15) is 67.3 Å². The van der Waals surface area contributed by atoms with Crippen LogP contribution in [0.3, 0.4) is 0 Å². The van der Waals surface area contributed by atoms with Crippen LogP contribution < -0.4 is 5.32 Å². The maximum absolute atomic E-state index is 14.6. The Bertz CT molecular complexity index is 1100. The first-order chi connectivity index (χ1) is 16.4. The summed E-state index contributed by atoms with van der Waals surface area (Å²) in [6.45, 7) is 3.51. The summed E-state index contributed by atoms with van der Waals surface area (Å²) >= 11 is 6.29. The fourth-order valence-corrected chi connectivity index (χ4v) is 7.96. The van der Waals surface area contributed by atoms with Crippen LogP contribution in [0.25, 0.3) is 0 Å². The van der Waals surface area contributed by atoms with Crippen LogP contribution in [-0.4, -0.2) is 27.3 Å². The summed E-state index contributed by atoms with van der Waals surface area (Å²) in [6.07, 6.45) is 10.7. The van der Waals surface area contributed by atoms with Gasteiger partial charge in [0.15, 0.2) is 0 Å². The Morgan fingerprint density at radius 3 is 2.59 bits per heavy atom. The SMILES string of the molecule is Cc1ccc(Cl)c(CN2CCc3c(ncnc3NC(=O)CC34CC5CC(CC(C5)C3)C4)C2)c1F. The van der Waals surface area contributed by atoms with Crippen molar-refractivity contribution in [1.82, 2.24) is 14.9 Å². The number of anilines is 1. The first-order valence-electron chi connectivity index (χ1n) is 12.7. The predicted molar refractivity (Wildman–Crippen MR) is 130 cm³/mol. The third-order valence-electron chi connectivity index (χ3n) is 8.81. The molecule has 2 aromatic rings. The smallest absolute Gasteiger partial charge is 0.226 e. The minimum atomic E-state index is -0.237. The highest BCUT2D eigenvalue weighted by molar-refractivity contribution is 6.31. The lowest BCUT2D eigenvalue weighted by Crippen LogP contribution is -2.47. The molecule has 0 saturated heterocycles. The van der Waals surface area contributed by atoms with Crippen LogP contribution >= 0.6 is 11.6 Å². The van der Waals surface area contributed by atoms with Crippen molar-refractivity contribution in [3.8, 4) is 0 Å². The van der Waals surface area contributed by atoms with E-state index in [0.717, 1.165) is 35.6 Å². The minimum Gasteiger partial charge on any atom is -0.310 e. The number of nitrogens with zero attached hydrogens (tertiary/aromatic N) is 3. The molecule has 0 radical (unpaired) electrons. The lowest BCUT2D eigenvalue weighted by atomic mass is 9.49. The zero-order valence-corrected chi connectivity index (χ0v) is 20.5. The number of benzene rings is 1. The molecule has 7 heteroatoms. The highest BCUT2D eigenvalue weighted by Crippen LogP contribution is 2.61. The van der Waals surface area contributed by atoms with Gasteiger partial charge in [0.05, 0.1) is 5.69 Å². The van der Waals surface area contributed by atoms with E-state index in [-0.39, 0.29) is 17.1 Å². The molecular formula is C27H32ClFN4O. The highest BCUT2D eigenvalue weighted by Gasteiger charge is 2.51. The molecule has 5 aliphatic rings. The molecule has 4 fully saturated rings. The van der Waals surface area contributed by atoms with Gasteiger partial charge in [-0.2, -0.15) is 0 Å². The van der Waals surface area contributed by atoms with E-state index in [2.05, 4.69) is 20.2 Å². The molecule has 2 heterocycles. The molecule has 0 spiro atoms. The Labute approximate surface area is 205 Å².